The van der Waals surface area contributed by atoms with E-state index in [9.17, 15) is 13.6 Å². The molecule has 0 radical (unpaired) electrons. The molecule has 0 fully saturated rings. The van der Waals surface area contributed by atoms with Crippen LogP contribution in [-0.4, -0.2) is 32.5 Å². The number of pyridine rings is 1. The van der Waals surface area contributed by atoms with Crippen LogP contribution in [0.15, 0.2) is 24.5 Å². The van der Waals surface area contributed by atoms with Crippen molar-refractivity contribution in [2.24, 2.45) is 0 Å². The molecule has 2 heterocycles. The Hall–Kier alpha value is -2.51. The lowest BCUT2D eigenvalue weighted by molar-refractivity contribution is 0.0652. The van der Waals surface area contributed by atoms with Gasteiger partial charge in [0, 0.05) is 25.1 Å². The zero-order valence-electron chi connectivity index (χ0n) is 12.5. The summed E-state index contributed by atoms with van der Waals surface area (Å²) in [6.45, 7) is 1.00. The first-order chi connectivity index (χ1) is 10.4. The predicted molar refractivity (Wildman–Crippen MR) is 77.7 cm³/mol. The van der Waals surface area contributed by atoms with E-state index in [1.54, 1.807) is 6.07 Å². The number of aryl methyl sites for hydroxylation is 2. The average molecular weight is 309 g/mol. The highest BCUT2D eigenvalue weighted by atomic mass is 19.3. The number of carbonyl (C=O) groups excluding carboxylic acids is 1. The lowest BCUT2D eigenvalue weighted by Gasteiger charge is -2.18. The van der Waals surface area contributed by atoms with Gasteiger partial charge in [0.25, 0.3) is 0 Å². The van der Waals surface area contributed by atoms with E-state index < -0.39 is 12.6 Å². The minimum atomic E-state index is -2.69. The molecule has 0 aliphatic rings. The van der Waals surface area contributed by atoms with E-state index in [-0.39, 0.29) is 12.4 Å². The maximum Gasteiger partial charge on any atom is 0.323 e. The van der Waals surface area contributed by atoms with Crippen LogP contribution in [0.4, 0.5) is 19.4 Å². The molecule has 0 spiro atoms. The largest absolute Gasteiger partial charge is 0.323 e. The second-order valence-electron chi connectivity index (χ2n) is 4.99. The highest BCUT2D eigenvalue weighted by Crippen LogP contribution is 2.14. The maximum atomic E-state index is 12.7. The normalized spacial score (nSPS) is 10.8. The number of halogens is 2. The number of carbonyl (C=O) groups is 1. The summed E-state index contributed by atoms with van der Waals surface area (Å²) in [5.41, 5.74) is 1.75. The van der Waals surface area contributed by atoms with Gasteiger partial charge in [0.1, 0.15) is 11.6 Å². The standard InChI is InChI=1S/C14H17F2N5O/c1-9-6-10(2)18-11(7-9)19-14(22)20(3)8-12-17-4-5-21(12)13(15)16/h4-7,13H,8H2,1-3H3,(H,18,19,22). The van der Waals surface area contributed by atoms with Crippen molar-refractivity contribution in [2.45, 2.75) is 26.9 Å². The molecule has 6 nitrogen and oxygen atoms in total. The van der Waals surface area contributed by atoms with Gasteiger partial charge in [-0.1, -0.05) is 0 Å². The number of hydrogen-bond acceptors (Lipinski definition) is 3. The van der Waals surface area contributed by atoms with E-state index in [4.69, 9.17) is 0 Å². The number of nitrogens with one attached hydrogen (secondary N) is 1. The van der Waals surface area contributed by atoms with Crippen molar-refractivity contribution in [3.05, 3.63) is 41.6 Å². The van der Waals surface area contributed by atoms with Gasteiger partial charge < -0.3 is 4.90 Å². The van der Waals surface area contributed by atoms with Crippen molar-refractivity contribution in [3.8, 4) is 0 Å². The third-order valence-electron chi connectivity index (χ3n) is 3.02. The topological polar surface area (TPSA) is 63.1 Å². The number of anilines is 1. The molecule has 0 aliphatic carbocycles. The third-order valence-corrected chi connectivity index (χ3v) is 3.02. The zero-order valence-corrected chi connectivity index (χ0v) is 12.5. The quantitative estimate of drug-likeness (QED) is 0.944. The number of alkyl halides is 2. The summed E-state index contributed by atoms with van der Waals surface area (Å²) in [5.74, 6) is 0.535. The smallest absolute Gasteiger partial charge is 0.320 e. The number of nitrogens with zero attached hydrogens (tertiary/aromatic N) is 4. The minimum absolute atomic E-state index is 0.0338. The molecular formula is C14H17F2N5O. The summed E-state index contributed by atoms with van der Waals surface area (Å²) in [7, 11) is 1.50. The second-order valence-corrected chi connectivity index (χ2v) is 4.99. The van der Waals surface area contributed by atoms with Gasteiger partial charge in [-0.05, 0) is 31.5 Å². The molecule has 2 aromatic heterocycles. The number of urea groups is 1. The first kappa shape index (κ1) is 15.9. The van der Waals surface area contributed by atoms with Crippen molar-refractivity contribution in [2.75, 3.05) is 12.4 Å². The number of rotatable bonds is 4. The van der Waals surface area contributed by atoms with Gasteiger partial charge in [0.05, 0.1) is 6.54 Å². The lowest BCUT2D eigenvalue weighted by atomic mass is 10.2. The second kappa shape index (κ2) is 6.50. The van der Waals surface area contributed by atoms with E-state index in [1.807, 2.05) is 19.9 Å². The SMILES string of the molecule is Cc1cc(C)nc(NC(=O)N(C)Cc2nccn2C(F)F)c1. The molecule has 0 atom stereocenters. The third kappa shape index (κ3) is 3.78. The van der Waals surface area contributed by atoms with Crippen LogP contribution < -0.4 is 5.32 Å². The highest BCUT2D eigenvalue weighted by molar-refractivity contribution is 5.88. The molecule has 0 aromatic carbocycles. The van der Waals surface area contributed by atoms with Gasteiger partial charge in [-0.15, -0.1) is 0 Å². The van der Waals surface area contributed by atoms with Crippen LogP contribution in [0.5, 0.6) is 0 Å². The molecule has 0 aliphatic heterocycles. The molecule has 0 saturated heterocycles. The summed E-state index contributed by atoms with van der Waals surface area (Å²) in [6.07, 6.45) is 2.45. The Morgan fingerprint density at radius 1 is 1.41 bits per heavy atom. The summed E-state index contributed by atoms with van der Waals surface area (Å²) in [6, 6.07) is 3.18. The molecule has 0 bridgehead atoms. The van der Waals surface area contributed by atoms with E-state index in [1.165, 1.54) is 24.3 Å². The number of amides is 2. The van der Waals surface area contributed by atoms with Crippen LogP contribution in [0.1, 0.15) is 23.6 Å². The van der Waals surface area contributed by atoms with Crippen molar-refractivity contribution in [1.82, 2.24) is 19.4 Å². The molecule has 0 saturated carbocycles. The molecule has 2 aromatic rings. The Morgan fingerprint density at radius 3 is 2.77 bits per heavy atom. The monoisotopic (exact) mass is 309 g/mol. The molecule has 22 heavy (non-hydrogen) atoms. The van der Waals surface area contributed by atoms with Gasteiger partial charge in [-0.3, -0.25) is 9.88 Å². The number of aromatic nitrogens is 3. The van der Waals surface area contributed by atoms with E-state index in [0.717, 1.165) is 15.8 Å². The van der Waals surface area contributed by atoms with E-state index in [0.29, 0.717) is 5.82 Å². The molecular weight excluding hydrogens is 292 g/mol. The Labute approximate surface area is 126 Å². The van der Waals surface area contributed by atoms with Crippen LogP contribution >= 0.6 is 0 Å². The van der Waals surface area contributed by atoms with Gasteiger partial charge in [-0.25, -0.2) is 14.8 Å². The number of imidazole rings is 1. The first-order valence-corrected chi connectivity index (χ1v) is 6.64. The van der Waals surface area contributed by atoms with Gasteiger partial charge in [0.15, 0.2) is 0 Å². The Bertz CT molecular complexity index is 651. The minimum Gasteiger partial charge on any atom is -0.320 e. The molecule has 0 unspecified atom stereocenters. The van der Waals surface area contributed by atoms with Crippen molar-refractivity contribution >= 4 is 11.8 Å². The fourth-order valence-corrected chi connectivity index (χ4v) is 2.04. The summed E-state index contributed by atoms with van der Waals surface area (Å²) in [4.78, 5) is 21.4. The summed E-state index contributed by atoms with van der Waals surface area (Å²) in [5, 5.41) is 2.64. The number of hydrogen-bond donors (Lipinski definition) is 1. The van der Waals surface area contributed by atoms with Crippen molar-refractivity contribution < 1.29 is 13.6 Å². The van der Waals surface area contributed by atoms with Gasteiger partial charge in [0.2, 0.25) is 0 Å². The zero-order chi connectivity index (χ0) is 16.3. The lowest BCUT2D eigenvalue weighted by Crippen LogP contribution is -2.32. The first-order valence-electron chi connectivity index (χ1n) is 6.64. The Kier molecular flexibility index (Phi) is 4.69. The molecule has 8 heteroatoms. The van der Waals surface area contributed by atoms with Crippen molar-refractivity contribution in [1.29, 1.82) is 0 Å². The van der Waals surface area contributed by atoms with Crippen LogP contribution in [-0.2, 0) is 6.54 Å². The van der Waals surface area contributed by atoms with Crippen LogP contribution in [0.25, 0.3) is 0 Å². The van der Waals surface area contributed by atoms with Gasteiger partial charge >= 0.3 is 12.6 Å². The summed E-state index contributed by atoms with van der Waals surface area (Å²) >= 11 is 0. The van der Waals surface area contributed by atoms with Crippen molar-refractivity contribution in [3.63, 3.8) is 0 Å². The fourth-order valence-electron chi connectivity index (χ4n) is 2.04. The highest BCUT2D eigenvalue weighted by Gasteiger charge is 2.16. The van der Waals surface area contributed by atoms with E-state index >= 15 is 0 Å². The average Bonchev–Trinajstić information content (AvgIpc) is 2.85. The Balaban J connectivity index is 2.04. The van der Waals surface area contributed by atoms with Crippen LogP contribution in [0.2, 0.25) is 0 Å². The van der Waals surface area contributed by atoms with Crippen LogP contribution in [0.3, 0.4) is 0 Å². The Morgan fingerprint density at radius 2 is 2.14 bits per heavy atom. The maximum absolute atomic E-state index is 12.7. The molecule has 118 valence electrons. The fraction of sp³-hybridized carbons (Fsp3) is 0.357. The summed E-state index contributed by atoms with van der Waals surface area (Å²) < 4.78 is 26.2. The molecule has 2 amide bonds. The van der Waals surface area contributed by atoms with E-state index in [2.05, 4.69) is 15.3 Å². The molecule has 2 rings (SSSR count). The van der Waals surface area contributed by atoms with Crippen LogP contribution in [0, 0.1) is 13.8 Å². The van der Waals surface area contributed by atoms with Gasteiger partial charge in [-0.2, -0.15) is 8.78 Å². The molecule has 1 N–H and O–H groups in total. The predicted octanol–water partition coefficient (Wildman–Crippen LogP) is 2.95.